The molecule has 0 saturated heterocycles. The van der Waals surface area contributed by atoms with Gasteiger partial charge in [-0.15, -0.1) is 0 Å². The van der Waals surface area contributed by atoms with Crippen LogP contribution in [0.1, 0.15) is 6.92 Å². The summed E-state index contributed by atoms with van der Waals surface area (Å²) in [7, 11) is -2.69. The van der Waals surface area contributed by atoms with Crippen LogP contribution >= 0.6 is 11.6 Å². The Kier molecular flexibility index (Phi) is 7.61. The summed E-state index contributed by atoms with van der Waals surface area (Å²) in [5, 5.41) is 3.03. The molecule has 0 radical (unpaired) electrons. The zero-order valence-electron chi connectivity index (χ0n) is 17.6. The van der Waals surface area contributed by atoms with E-state index < -0.39 is 22.5 Å². The number of hydrogen-bond acceptors (Lipinski definition) is 5. The molecule has 0 aromatic heterocycles. The van der Waals surface area contributed by atoms with Crippen molar-refractivity contribution in [3.63, 3.8) is 0 Å². The van der Waals surface area contributed by atoms with Crippen LogP contribution in [0.5, 0.6) is 11.5 Å². The van der Waals surface area contributed by atoms with Gasteiger partial charge in [-0.05, 0) is 49.4 Å². The number of halogens is 1. The lowest BCUT2D eigenvalue weighted by Crippen LogP contribution is -2.38. The Morgan fingerprint density at radius 1 is 1.00 bits per heavy atom. The lowest BCUT2D eigenvalue weighted by atomic mass is 10.2. The van der Waals surface area contributed by atoms with Crippen LogP contribution in [0.25, 0.3) is 0 Å². The van der Waals surface area contributed by atoms with E-state index in [1.54, 1.807) is 54.6 Å². The van der Waals surface area contributed by atoms with E-state index in [0.29, 0.717) is 23.1 Å². The van der Waals surface area contributed by atoms with Gasteiger partial charge in [0, 0.05) is 5.02 Å². The summed E-state index contributed by atoms with van der Waals surface area (Å²) in [6.07, 6.45) is 0. The minimum absolute atomic E-state index is 0.0320. The first-order valence-corrected chi connectivity index (χ1v) is 11.6. The highest BCUT2D eigenvalue weighted by molar-refractivity contribution is 7.92. The molecular weight excluding hydrogens is 452 g/mol. The molecule has 0 aliphatic rings. The number of anilines is 2. The summed E-state index contributed by atoms with van der Waals surface area (Å²) in [6, 6.07) is 19.4. The Labute approximate surface area is 192 Å². The molecule has 7 nitrogen and oxygen atoms in total. The highest BCUT2D eigenvalue weighted by Gasteiger charge is 2.30. The van der Waals surface area contributed by atoms with E-state index in [2.05, 4.69) is 5.32 Å². The number of nitrogens with zero attached hydrogens (tertiary/aromatic N) is 1. The van der Waals surface area contributed by atoms with E-state index in [-0.39, 0.29) is 16.3 Å². The van der Waals surface area contributed by atoms with Gasteiger partial charge in [-0.2, -0.15) is 0 Å². The first kappa shape index (κ1) is 23.4. The van der Waals surface area contributed by atoms with Crippen LogP contribution in [0.4, 0.5) is 11.4 Å². The minimum atomic E-state index is -4.11. The van der Waals surface area contributed by atoms with E-state index in [4.69, 9.17) is 21.1 Å². The molecule has 3 rings (SSSR count). The zero-order chi connectivity index (χ0) is 23.1. The highest BCUT2D eigenvalue weighted by atomic mass is 35.5. The number of para-hydroxylation sites is 2. The van der Waals surface area contributed by atoms with Gasteiger partial charge in [0.1, 0.15) is 18.0 Å². The fourth-order valence-corrected chi connectivity index (χ4v) is 4.66. The van der Waals surface area contributed by atoms with Crippen molar-refractivity contribution in [1.82, 2.24) is 0 Å². The van der Waals surface area contributed by atoms with Crippen molar-refractivity contribution < 1.29 is 22.7 Å². The second-order valence-electron chi connectivity index (χ2n) is 6.62. The molecule has 0 heterocycles. The van der Waals surface area contributed by atoms with Crippen molar-refractivity contribution in [2.24, 2.45) is 0 Å². The van der Waals surface area contributed by atoms with Gasteiger partial charge in [0.05, 0.1) is 30.0 Å². The van der Waals surface area contributed by atoms with Crippen LogP contribution in [0.2, 0.25) is 5.02 Å². The van der Waals surface area contributed by atoms with Crippen molar-refractivity contribution in [3.05, 3.63) is 77.8 Å². The van der Waals surface area contributed by atoms with Gasteiger partial charge < -0.3 is 14.8 Å². The molecule has 1 amide bonds. The molecule has 168 valence electrons. The van der Waals surface area contributed by atoms with Crippen LogP contribution in [-0.4, -0.2) is 34.6 Å². The monoisotopic (exact) mass is 474 g/mol. The van der Waals surface area contributed by atoms with Gasteiger partial charge >= 0.3 is 0 Å². The van der Waals surface area contributed by atoms with Crippen LogP contribution < -0.4 is 19.1 Å². The number of amides is 1. The Morgan fingerprint density at radius 3 is 2.38 bits per heavy atom. The van der Waals surface area contributed by atoms with Gasteiger partial charge in [-0.3, -0.25) is 9.10 Å². The molecule has 0 bridgehead atoms. The normalized spacial score (nSPS) is 11.0. The highest BCUT2D eigenvalue weighted by Crippen LogP contribution is 2.35. The number of benzene rings is 3. The average molecular weight is 475 g/mol. The van der Waals surface area contributed by atoms with Gasteiger partial charge in [-0.25, -0.2) is 8.42 Å². The number of hydrogen-bond donors (Lipinski definition) is 1. The standard InChI is InChI=1S/C23H23ClN2O5S/c1-3-31-21-12-8-7-11-19(21)25-23(27)16-26(20-15-17(24)13-14-22(20)30-2)32(28,29)18-9-5-4-6-10-18/h4-15H,3,16H2,1-2H3,(H,25,27). The SMILES string of the molecule is CCOc1ccccc1NC(=O)CN(c1cc(Cl)ccc1OC)S(=O)(=O)c1ccccc1. The fraction of sp³-hybridized carbons (Fsp3) is 0.174. The molecule has 0 aliphatic heterocycles. The third-order valence-corrected chi connectivity index (χ3v) is 6.50. The van der Waals surface area contributed by atoms with E-state index >= 15 is 0 Å². The van der Waals surface area contributed by atoms with Crippen molar-refractivity contribution in [1.29, 1.82) is 0 Å². The quantitative estimate of drug-likeness (QED) is 0.490. The summed E-state index contributed by atoms with van der Waals surface area (Å²) in [6.45, 7) is 1.74. The van der Waals surface area contributed by atoms with E-state index in [1.165, 1.54) is 25.3 Å². The summed E-state index contributed by atoms with van der Waals surface area (Å²) in [5.41, 5.74) is 0.589. The lowest BCUT2D eigenvalue weighted by Gasteiger charge is -2.26. The third kappa shape index (κ3) is 5.33. The smallest absolute Gasteiger partial charge is 0.264 e. The fourth-order valence-electron chi connectivity index (χ4n) is 3.05. The maximum absolute atomic E-state index is 13.5. The van der Waals surface area contributed by atoms with Crippen molar-refractivity contribution in [2.75, 3.05) is 29.9 Å². The van der Waals surface area contributed by atoms with E-state index in [0.717, 1.165) is 4.31 Å². The predicted molar refractivity (Wildman–Crippen MR) is 125 cm³/mol. The first-order chi connectivity index (χ1) is 15.4. The first-order valence-electron chi connectivity index (χ1n) is 9.79. The van der Waals surface area contributed by atoms with Gasteiger partial charge in [0.15, 0.2) is 0 Å². The lowest BCUT2D eigenvalue weighted by molar-refractivity contribution is -0.114. The van der Waals surface area contributed by atoms with Crippen LogP contribution in [0.15, 0.2) is 77.7 Å². The number of carbonyl (C=O) groups is 1. The van der Waals surface area contributed by atoms with Crippen LogP contribution in [0.3, 0.4) is 0 Å². The maximum atomic E-state index is 13.5. The second kappa shape index (κ2) is 10.4. The molecule has 0 atom stereocenters. The topological polar surface area (TPSA) is 84.9 Å². The average Bonchev–Trinajstić information content (AvgIpc) is 2.79. The number of rotatable bonds is 9. The zero-order valence-corrected chi connectivity index (χ0v) is 19.2. The molecule has 3 aromatic carbocycles. The number of carbonyl (C=O) groups excluding carboxylic acids is 1. The number of sulfonamides is 1. The molecule has 32 heavy (non-hydrogen) atoms. The van der Waals surface area contributed by atoms with Crippen LogP contribution in [-0.2, 0) is 14.8 Å². The minimum Gasteiger partial charge on any atom is -0.495 e. The van der Waals surface area contributed by atoms with Gasteiger partial charge in [0.2, 0.25) is 5.91 Å². The molecule has 0 aliphatic carbocycles. The van der Waals surface area contributed by atoms with Crippen molar-refractivity contribution in [2.45, 2.75) is 11.8 Å². The molecule has 9 heteroatoms. The summed E-state index contributed by atoms with van der Waals surface area (Å²) < 4.78 is 38.8. The van der Waals surface area contributed by atoms with E-state index in [1.807, 2.05) is 6.92 Å². The molecule has 0 spiro atoms. The molecule has 3 aromatic rings. The Hall–Kier alpha value is -3.23. The van der Waals surface area contributed by atoms with Gasteiger partial charge in [-0.1, -0.05) is 41.9 Å². The molecule has 1 N–H and O–H groups in total. The molecular formula is C23H23ClN2O5S. The maximum Gasteiger partial charge on any atom is 0.264 e. The molecule has 0 saturated carbocycles. The van der Waals surface area contributed by atoms with Gasteiger partial charge in [0.25, 0.3) is 10.0 Å². The Bertz CT molecular complexity index is 1190. The number of nitrogens with one attached hydrogen (secondary N) is 1. The van der Waals surface area contributed by atoms with Crippen LogP contribution in [0, 0.1) is 0 Å². The summed E-state index contributed by atoms with van der Waals surface area (Å²) in [4.78, 5) is 13.0. The molecule has 0 unspecified atom stereocenters. The second-order valence-corrected chi connectivity index (χ2v) is 8.92. The Balaban J connectivity index is 2.01. The Morgan fingerprint density at radius 2 is 1.69 bits per heavy atom. The van der Waals surface area contributed by atoms with Crippen molar-refractivity contribution in [3.8, 4) is 11.5 Å². The largest absolute Gasteiger partial charge is 0.495 e. The predicted octanol–water partition coefficient (Wildman–Crippen LogP) is 4.58. The third-order valence-electron chi connectivity index (χ3n) is 4.49. The number of methoxy groups -OCH3 is 1. The van der Waals surface area contributed by atoms with E-state index in [9.17, 15) is 13.2 Å². The molecule has 0 fully saturated rings. The summed E-state index contributed by atoms with van der Waals surface area (Å²) >= 11 is 6.14. The summed E-state index contributed by atoms with van der Waals surface area (Å²) in [5.74, 6) is 0.191. The van der Waals surface area contributed by atoms with Crippen molar-refractivity contribution >= 4 is 38.9 Å². The number of ether oxygens (including phenoxy) is 2.